The van der Waals surface area contributed by atoms with Gasteiger partial charge in [-0.3, -0.25) is 10.0 Å². The van der Waals surface area contributed by atoms with Crippen molar-refractivity contribution in [2.75, 3.05) is 23.1 Å². The molecule has 4 aromatic rings. The van der Waals surface area contributed by atoms with Crippen LogP contribution in [0.3, 0.4) is 0 Å². The molecule has 0 atom stereocenters. The Morgan fingerprint density at radius 2 is 0.778 bits per heavy atom. The van der Waals surface area contributed by atoms with Crippen LogP contribution in [-0.2, 0) is 0 Å². The van der Waals surface area contributed by atoms with Crippen molar-refractivity contribution >= 4 is 22.8 Å². The standard InChI is InChI=1S/C32H34N4/c1-27(29-17-7-3-8-18-29)33-35(31-21-11-5-12-22-31)25-15-16-26-36(32-23-13-6-14-24-32)34-28(2)30-19-9-4-10-20-30/h3-14,17-24H,15-16,25-26H2,1-2H3/b33-27-,34-28-. The van der Waals surface area contributed by atoms with E-state index in [2.05, 4.69) is 121 Å². The molecule has 4 rings (SSSR count). The Hall–Kier alpha value is -4.18. The number of nitrogens with zero attached hydrogens (tertiary/aromatic N) is 4. The smallest absolute Gasteiger partial charge is 0.0650 e. The molecule has 0 heterocycles. The van der Waals surface area contributed by atoms with Crippen LogP contribution in [0.15, 0.2) is 132 Å². The van der Waals surface area contributed by atoms with E-state index in [0.29, 0.717) is 0 Å². The predicted molar refractivity (Wildman–Crippen MR) is 154 cm³/mol. The van der Waals surface area contributed by atoms with Crippen molar-refractivity contribution < 1.29 is 0 Å². The van der Waals surface area contributed by atoms with Crippen molar-refractivity contribution in [3.63, 3.8) is 0 Å². The first-order valence-electron chi connectivity index (χ1n) is 12.6. The summed E-state index contributed by atoms with van der Waals surface area (Å²) in [5.41, 5.74) is 6.50. The molecule has 0 saturated heterocycles. The van der Waals surface area contributed by atoms with Gasteiger partial charge in [0.2, 0.25) is 0 Å². The minimum Gasteiger partial charge on any atom is -0.265 e. The second-order valence-corrected chi connectivity index (χ2v) is 8.73. The van der Waals surface area contributed by atoms with E-state index < -0.39 is 0 Å². The topological polar surface area (TPSA) is 31.2 Å². The zero-order valence-corrected chi connectivity index (χ0v) is 21.2. The molecule has 4 heteroatoms. The summed E-state index contributed by atoms with van der Waals surface area (Å²) < 4.78 is 0. The van der Waals surface area contributed by atoms with Crippen molar-refractivity contribution in [2.45, 2.75) is 26.7 Å². The van der Waals surface area contributed by atoms with Gasteiger partial charge < -0.3 is 0 Å². The van der Waals surface area contributed by atoms with E-state index in [1.54, 1.807) is 0 Å². The summed E-state index contributed by atoms with van der Waals surface area (Å²) in [6, 6.07) is 41.5. The number of benzene rings is 4. The number of hydrogen-bond acceptors (Lipinski definition) is 4. The molecule has 0 fully saturated rings. The molecular formula is C32H34N4. The van der Waals surface area contributed by atoms with Crippen LogP contribution in [0.25, 0.3) is 0 Å². The van der Waals surface area contributed by atoms with Gasteiger partial charge in [-0.25, -0.2) is 0 Å². The molecule has 0 aliphatic carbocycles. The van der Waals surface area contributed by atoms with Crippen LogP contribution < -0.4 is 10.0 Å². The van der Waals surface area contributed by atoms with Gasteiger partial charge in [-0.2, -0.15) is 10.2 Å². The molecule has 4 nitrogen and oxygen atoms in total. The zero-order valence-electron chi connectivity index (χ0n) is 21.2. The van der Waals surface area contributed by atoms with E-state index in [-0.39, 0.29) is 0 Å². The molecule has 36 heavy (non-hydrogen) atoms. The first-order valence-corrected chi connectivity index (χ1v) is 12.6. The zero-order chi connectivity index (χ0) is 25.0. The maximum atomic E-state index is 4.99. The Balaban J connectivity index is 1.46. The molecule has 0 spiro atoms. The summed E-state index contributed by atoms with van der Waals surface area (Å²) in [5, 5.41) is 14.2. The lowest BCUT2D eigenvalue weighted by Crippen LogP contribution is -2.23. The third-order valence-corrected chi connectivity index (χ3v) is 6.02. The van der Waals surface area contributed by atoms with Gasteiger partial charge in [0, 0.05) is 13.1 Å². The molecule has 4 aromatic carbocycles. The molecule has 0 N–H and O–H groups in total. The molecular weight excluding hydrogens is 440 g/mol. The summed E-state index contributed by atoms with van der Waals surface area (Å²) in [6.45, 7) is 5.81. The molecule has 182 valence electrons. The monoisotopic (exact) mass is 474 g/mol. The van der Waals surface area contributed by atoms with Gasteiger partial charge in [0.05, 0.1) is 22.8 Å². The summed E-state index contributed by atoms with van der Waals surface area (Å²) in [7, 11) is 0. The Bertz CT molecular complexity index is 1140. The van der Waals surface area contributed by atoms with Gasteiger partial charge in [0.15, 0.2) is 0 Å². The van der Waals surface area contributed by atoms with E-state index in [4.69, 9.17) is 10.2 Å². The molecule has 0 aromatic heterocycles. The van der Waals surface area contributed by atoms with Crippen molar-refractivity contribution in [3.05, 3.63) is 132 Å². The number of para-hydroxylation sites is 2. The lowest BCUT2D eigenvalue weighted by Gasteiger charge is -2.23. The van der Waals surface area contributed by atoms with Gasteiger partial charge >= 0.3 is 0 Å². The molecule has 0 aliphatic rings. The molecule has 0 unspecified atom stereocenters. The first-order chi connectivity index (χ1) is 17.7. The Labute approximate surface area is 215 Å². The van der Waals surface area contributed by atoms with Crippen molar-refractivity contribution in [1.82, 2.24) is 0 Å². The summed E-state index contributed by atoms with van der Waals surface area (Å²) in [4.78, 5) is 0. The highest BCUT2D eigenvalue weighted by Gasteiger charge is 2.10. The van der Waals surface area contributed by atoms with Crippen molar-refractivity contribution in [2.24, 2.45) is 10.2 Å². The van der Waals surface area contributed by atoms with Crippen LogP contribution in [0.1, 0.15) is 37.8 Å². The Kier molecular flexibility index (Phi) is 9.04. The normalized spacial score (nSPS) is 11.8. The minimum atomic E-state index is 0.832. The van der Waals surface area contributed by atoms with Crippen molar-refractivity contribution in [1.29, 1.82) is 0 Å². The summed E-state index contributed by atoms with van der Waals surface area (Å²) in [6.07, 6.45) is 1.98. The van der Waals surface area contributed by atoms with Crippen LogP contribution in [0.4, 0.5) is 11.4 Å². The van der Waals surface area contributed by atoms with Crippen LogP contribution in [0, 0.1) is 0 Å². The maximum Gasteiger partial charge on any atom is 0.0650 e. The number of hydrazone groups is 2. The van der Waals surface area contributed by atoms with Crippen LogP contribution in [0.5, 0.6) is 0 Å². The van der Waals surface area contributed by atoms with Crippen LogP contribution in [0.2, 0.25) is 0 Å². The molecule has 0 aliphatic heterocycles. The fourth-order valence-electron chi connectivity index (χ4n) is 4.03. The fraction of sp³-hybridized carbons (Fsp3) is 0.188. The number of anilines is 2. The minimum absolute atomic E-state index is 0.832. The molecule has 0 radical (unpaired) electrons. The molecule has 0 bridgehead atoms. The van der Waals surface area contributed by atoms with E-state index in [0.717, 1.165) is 59.9 Å². The van der Waals surface area contributed by atoms with Gasteiger partial charge in [0.25, 0.3) is 0 Å². The number of hydrogen-bond donors (Lipinski definition) is 0. The molecule has 0 saturated carbocycles. The lowest BCUT2D eigenvalue weighted by molar-refractivity contribution is 0.680. The highest BCUT2D eigenvalue weighted by Crippen LogP contribution is 2.19. The summed E-state index contributed by atoms with van der Waals surface area (Å²) in [5.74, 6) is 0. The van der Waals surface area contributed by atoms with E-state index >= 15 is 0 Å². The van der Waals surface area contributed by atoms with Gasteiger partial charge in [0.1, 0.15) is 0 Å². The summed E-state index contributed by atoms with van der Waals surface area (Å²) >= 11 is 0. The average molecular weight is 475 g/mol. The van der Waals surface area contributed by atoms with E-state index in [1.165, 1.54) is 0 Å². The quantitative estimate of drug-likeness (QED) is 0.127. The second kappa shape index (κ2) is 13.1. The largest absolute Gasteiger partial charge is 0.265 e. The van der Waals surface area contributed by atoms with Gasteiger partial charge in [-0.05, 0) is 62.1 Å². The lowest BCUT2D eigenvalue weighted by atomic mass is 10.1. The first kappa shape index (κ1) is 24.9. The Morgan fingerprint density at radius 3 is 1.11 bits per heavy atom. The average Bonchev–Trinajstić information content (AvgIpc) is 2.95. The van der Waals surface area contributed by atoms with Gasteiger partial charge in [-0.15, -0.1) is 0 Å². The predicted octanol–water partition coefficient (Wildman–Crippen LogP) is 7.63. The van der Waals surface area contributed by atoms with Crippen molar-refractivity contribution in [3.8, 4) is 0 Å². The van der Waals surface area contributed by atoms with Crippen LogP contribution in [-0.4, -0.2) is 24.5 Å². The third-order valence-electron chi connectivity index (χ3n) is 6.02. The second-order valence-electron chi connectivity index (χ2n) is 8.73. The third kappa shape index (κ3) is 7.16. The highest BCUT2D eigenvalue weighted by atomic mass is 15.5. The maximum absolute atomic E-state index is 4.99. The van der Waals surface area contributed by atoms with Crippen LogP contribution >= 0.6 is 0 Å². The van der Waals surface area contributed by atoms with E-state index in [1.807, 2.05) is 24.3 Å². The number of unbranched alkanes of at least 4 members (excludes halogenated alkanes) is 1. The highest BCUT2D eigenvalue weighted by molar-refractivity contribution is 5.99. The van der Waals surface area contributed by atoms with Gasteiger partial charge in [-0.1, -0.05) is 97.1 Å². The molecule has 0 amide bonds. The number of rotatable bonds is 11. The SMILES string of the molecule is C/C(=N/N(CCCCN(/N=C(/C)c1ccccc1)c1ccccc1)c1ccccc1)c1ccccc1. The fourth-order valence-corrected chi connectivity index (χ4v) is 4.03. The Morgan fingerprint density at radius 1 is 0.472 bits per heavy atom. The van der Waals surface area contributed by atoms with E-state index in [9.17, 15) is 0 Å².